The van der Waals surface area contributed by atoms with Gasteiger partial charge in [-0.2, -0.15) is 0 Å². The number of hydrogen-bond acceptors (Lipinski definition) is 2. The summed E-state index contributed by atoms with van der Waals surface area (Å²) in [6.07, 6.45) is 3.24. The fourth-order valence-corrected chi connectivity index (χ4v) is 2.61. The first-order valence-corrected chi connectivity index (χ1v) is 6.69. The molecular weight excluding hydrogens is 228 g/mol. The molecule has 1 N–H and O–H groups in total. The van der Waals surface area contributed by atoms with Crippen LogP contribution in [0, 0.1) is 0 Å². The van der Waals surface area contributed by atoms with Crippen LogP contribution < -0.4 is 0 Å². The van der Waals surface area contributed by atoms with E-state index in [4.69, 9.17) is 0 Å². The number of hydrogen-bond donors (Lipinski definition) is 1. The molecule has 0 unspecified atom stereocenters. The number of nitrogens with zero attached hydrogens (tertiary/aromatic N) is 2. The summed E-state index contributed by atoms with van der Waals surface area (Å²) >= 11 is 0. The lowest BCUT2D eigenvalue weighted by Gasteiger charge is -2.22. The van der Waals surface area contributed by atoms with Gasteiger partial charge in [-0.3, -0.25) is 4.79 Å². The maximum Gasteiger partial charge on any atom is 0.315 e. The van der Waals surface area contributed by atoms with Gasteiger partial charge in [0, 0.05) is 18.2 Å². The van der Waals surface area contributed by atoms with Gasteiger partial charge in [0.1, 0.15) is 11.2 Å². The van der Waals surface area contributed by atoms with Gasteiger partial charge in [-0.05, 0) is 33.1 Å². The van der Waals surface area contributed by atoms with Crippen molar-refractivity contribution in [1.82, 2.24) is 9.55 Å². The first kappa shape index (κ1) is 13.1. The van der Waals surface area contributed by atoms with Crippen molar-refractivity contribution < 1.29 is 9.90 Å². The van der Waals surface area contributed by atoms with Crippen LogP contribution >= 0.6 is 0 Å². The van der Waals surface area contributed by atoms with E-state index in [-0.39, 0.29) is 0 Å². The fraction of sp³-hybridized carbons (Fsp3) is 0.714. The van der Waals surface area contributed by atoms with Gasteiger partial charge in [0.2, 0.25) is 0 Å². The molecule has 18 heavy (non-hydrogen) atoms. The standard InChI is InChI=1S/C14H22N2O2/c1-9(2)12-15-11(14(3,4)13(17)18)10-7-5-6-8-16(10)12/h9H,5-8H2,1-4H3,(H,17,18). The van der Waals surface area contributed by atoms with E-state index in [0.717, 1.165) is 43.0 Å². The molecule has 0 aliphatic carbocycles. The molecule has 1 aliphatic heterocycles. The Morgan fingerprint density at radius 1 is 1.39 bits per heavy atom. The molecule has 2 rings (SSSR count). The van der Waals surface area contributed by atoms with E-state index in [0.29, 0.717) is 5.92 Å². The van der Waals surface area contributed by atoms with Gasteiger partial charge in [-0.1, -0.05) is 13.8 Å². The lowest BCUT2D eigenvalue weighted by atomic mass is 9.86. The normalized spacial score (nSPS) is 15.8. The van der Waals surface area contributed by atoms with Crippen molar-refractivity contribution in [2.24, 2.45) is 0 Å². The number of rotatable bonds is 3. The van der Waals surface area contributed by atoms with E-state index in [1.165, 1.54) is 0 Å². The van der Waals surface area contributed by atoms with Crippen molar-refractivity contribution in [3.63, 3.8) is 0 Å². The zero-order valence-electron chi connectivity index (χ0n) is 11.7. The highest BCUT2D eigenvalue weighted by Crippen LogP contribution is 2.32. The number of carboxylic acid groups (broad SMARTS) is 1. The Hall–Kier alpha value is -1.32. The molecule has 0 fully saturated rings. The van der Waals surface area contributed by atoms with Gasteiger partial charge in [-0.25, -0.2) is 4.98 Å². The zero-order chi connectivity index (χ0) is 13.5. The van der Waals surface area contributed by atoms with Crippen LogP contribution in [0.15, 0.2) is 0 Å². The fourth-order valence-electron chi connectivity index (χ4n) is 2.61. The number of carbonyl (C=O) groups is 1. The maximum absolute atomic E-state index is 11.4. The highest BCUT2D eigenvalue weighted by molar-refractivity contribution is 5.80. The molecule has 0 amide bonds. The minimum absolute atomic E-state index is 0.334. The van der Waals surface area contributed by atoms with E-state index >= 15 is 0 Å². The lowest BCUT2D eigenvalue weighted by molar-refractivity contribution is -0.142. The van der Waals surface area contributed by atoms with Crippen LogP contribution in [-0.4, -0.2) is 20.6 Å². The minimum atomic E-state index is -0.901. The molecule has 0 bridgehead atoms. The van der Waals surface area contributed by atoms with Crippen molar-refractivity contribution in [3.05, 3.63) is 17.2 Å². The number of fused-ring (bicyclic) bond motifs is 1. The molecule has 0 spiro atoms. The summed E-state index contributed by atoms with van der Waals surface area (Å²) in [6.45, 7) is 8.70. The summed E-state index contributed by atoms with van der Waals surface area (Å²) in [5.41, 5.74) is 0.998. The van der Waals surface area contributed by atoms with Crippen molar-refractivity contribution in [1.29, 1.82) is 0 Å². The van der Waals surface area contributed by atoms with Crippen molar-refractivity contribution in [2.45, 2.75) is 64.8 Å². The Kier molecular flexibility index (Phi) is 3.21. The van der Waals surface area contributed by atoms with Crippen LogP contribution in [0.3, 0.4) is 0 Å². The lowest BCUT2D eigenvalue weighted by Crippen LogP contribution is -2.31. The van der Waals surface area contributed by atoms with E-state index in [1.807, 2.05) is 0 Å². The van der Waals surface area contributed by atoms with Crippen molar-refractivity contribution in [2.75, 3.05) is 0 Å². The van der Waals surface area contributed by atoms with Gasteiger partial charge >= 0.3 is 5.97 Å². The quantitative estimate of drug-likeness (QED) is 0.897. The first-order chi connectivity index (χ1) is 8.35. The zero-order valence-corrected chi connectivity index (χ0v) is 11.7. The molecule has 0 radical (unpaired) electrons. The van der Waals surface area contributed by atoms with Crippen LogP contribution in [-0.2, 0) is 23.2 Å². The molecule has 1 aromatic rings. The number of aromatic nitrogens is 2. The van der Waals surface area contributed by atoms with Crippen molar-refractivity contribution >= 4 is 5.97 Å². The van der Waals surface area contributed by atoms with Gasteiger partial charge in [0.15, 0.2) is 0 Å². The molecule has 1 aromatic heterocycles. The molecule has 0 aromatic carbocycles. The summed E-state index contributed by atoms with van der Waals surface area (Å²) in [5, 5.41) is 9.39. The second-order valence-corrected chi connectivity index (χ2v) is 5.96. The predicted octanol–water partition coefficient (Wildman–Crippen LogP) is 2.71. The second kappa shape index (κ2) is 4.41. The molecular formula is C14H22N2O2. The van der Waals surface area contributed by atoms with Crippen LogP contribution in [0.5, 0.6) is 0 Å². The Morgan fingerprint density at radius 2 is 2.06 bits per heavy atom. The highest BCUT2D eigenvalue weighted by Gasteiger charge is 2.37. The van der Waals surface area contributed by atoms with Gasteiger partial charge in [0.25, 0.3) is 0 Å². The van der Waals surface area contributed by atoms with E-state index in [2.05, 4.69) is 23.4 Å². The van der Waals surface area contributed by atoms with Crippen LogP contribution in [0.1, 0.15) is 63.7 Å². The predicted molar refractivity (Wildman–Crippen MR) is 69.9 cm³/mol. The molecule has 0 saturated heterocycles. The molecule has 1 aliphatic rings. The van der Waals surface area contributed by atoms with E-state index in [1.54, 1.807) is 13.8 Å². The Morgan fingerprint density at radius 3 is 2.61 bits per heavy atom. The number of imidazole rings is 1. The molecule has 2 heterocycles. The van der Waals surface area contributed by atoms with Crippen LogP contribution in [0.25, 0.3) is 0 Å². The smallest absolute Gasteiger partial charge is 0.315 e. The third-order valence-corrected chi connectivity index (χ3v) is 3.79. The third-order valence-electron chi connectivity index (χ3n) is 3.79. The molecule has 0 saturated carbocycles. The van der Waals surface area contributed by atoms with Gasteiger partial charge < -0.3 is 9.67 Å². The Bertz CT molecular complexity index is 472. The van der Waals surface area contributed by atoms with E-state index in [9.17, 15) is 9.90 Å². The summed E-state index contributed by atoms with van der Waals surface area (Å²) < 4.78 is 2.24. The summed E-state index contributed by atoms with van der Waals surface area (Å²) in [7, 11) is 0. The van der Waals surface area contributed by atoms with Gasteiger partial charge in [-0.15, -0.1) is 0 Å². The molecule has 100 valence electrons. The molecule has 4 heteroatoms. The van der Waals surface area contributed by atoms with Crippen molar-refractivity contribution in [3.8, 4) is 0 Å². The summed E-state index contributed by atoms with van der Waals surface area (Å²) in [5.74, 6) is 0.568. The minimum Gasteiger partial charge on any atom is -0.481 e. The largest absolute Gasteiger partial charge is 0.481 e. The second-order valence-electron chi connectivity index (χ2n) is 5.96. The monoisotopic (exact) mass is 250 g/mol. The highest BCUT2D eigenvalue weighted by atomic mass is 16.4. The van der Waals surface area contributed by atoms with Gasteiger partial charge in [0.05, 0.1) is 5.69 Å². The topological polar surface area (TPSA) is 55.1 Å². The average molecular weight is 250 g/mol. The SMILES string of the molecule is CC(C)c1nc(C(C)(C)C(=O)O)c2n1CCCC2. The Labute approximate surface area is 108 Å². The van der Waals surface area contributed by atoms with E-state index < -0.39 is 11.4 Å². The maximum atomic E-state index is 11.4. The Balaban J connectivity index is 2.58. The third kappa shape index (κ3) is 1.93. The van der Waals surface area contributed by atoms with Crippen LogP contribution in [0.4, 0.5) is 0 Å². The summed E-state index contributed by atoms with van der Waals surface area (Å²) in [4.78, 5) is 16.1. The first-order valence-electron chi connectivity index (χ1n) is 6.69. The number of carboxylic acids is 1. The summed E-state index contributed by atoms with van der Waals surface area (Å²) in [6, 6.07) is 0. The average Bonchev–Trinajstić information content (AvgIpc) is 2.68. The molecule has 0 atom stereocenters. The number of aliphatic carboxylic acids is 1. The molecule has 4 nitrogen and oxygen atoms in total. The van der Waals surface area contributed by atoms with Crippen LogP contribution in [0.2, 0.25) is 0 Å².